The van der Waals surface area contributed by atoms with Crippen molar-refractivity contribution in [1.29, 1.82) is 0 Å². The van der Waals surface area contributed by atoms with E-state index in [0.29, 0.717) is 35.9 Å². The van der Waals surface area contributed by atoms with Gasteiger partial charge in [0.15, 0.2) is 11.6 Å². The summed E-state index contributed by atoms with van der Waals surface area (Å²) in [7, 11) is 0. The highest BCUT2D eigenvalue weighted by atomic mass is 16.7. The van der Waals surface area contributed by atoms with Gasteiger partial charge in [0.25, 0.3) is 0 Å². The van der Waals surface area contributed by atoms with E-state index in [1.165, 1.54) is 0 Å². The second kappa shape index (κ2) is 9.02. The zero-order valence-corrected chi connectivity index (χ0v) is 18.3. The average Bonchev–Trinajstić information content (AvgIpc) is 3.49. The first kappa shape index (κ1) is 21.1. The molecule has 0 fully saturated rings. The first-order chi connectivity index (χ1) is 16.6. The van der Waals surface area contributed by atoms with Gasteiger partial charge in [0.1, 0.15) is 5.52 Å². The smallest absolute Gasteiger partial charge is 0.449 e. The number of nitrogens with one attached hydrogen (secondary N) is 2. The fraction of sp³-hybridized carbons (Fsp3) is 0.125. The maximum atomic E-state index is 11.2. The van der Waals surface area contributed by atoms with Crippen LogP contribution in [0.4, 0.5) is 10.7 Å². The lowest BCUT2D eigenvalue weighted by molar-refractivity contribution is 0.145. The minimum atomic E-state index is -1.37. The van der Waals surface area contributed by atoms with E-state index < -0.39 is 6.16 Å². The van der Waals surface area contributed by atoms with Crippen LogP contribution in [-0.2, 0) is 6.54 Å². The van der Waals surface area contributed by atoms with Gasteiger partial charge < -0.3 is 19.7 Å². The van der Waals surface area contributed by atoms with Crippen molar-refractivity contribution in [3.63, 3.8) is 0 Å². The fourth-order valence-electron chi connectivity index (χ4n) is 3.96. The Bertz CT molecular complexity index is 1440. The lowest BCUT2D eigenvalue weighted by Crippen LogP contribution is -2.09. The van der Waals surface area contributed by atoms with Crippen molar-refractivity contribution in [2.75, 3.05) is 11.9 Å². The quantitative estimate of drug-likeness (QED) is 0.243. The highest BCUT2D eigenvalue weighted by Crippen LogP contribution is 2.32. The van der Waals surface area contributed by atoms with Crippen LogP contribution in [0.15, 0.2) is 66.7 Å². The molecule has 170 valence electrons. The van der Waals surface area contributed by atoms with E-state index in [0.717, 1.165) is 22.3 Å². The van der Waals surface area contributed by atoms with Gasteiger partial charge in [-0.2, -0.15) is 0 Å². The summed E-state index contributed by atoms with van der Waals surface area (Å²) in [5, 5.41) is 26.6. The first-order valence-corrected chi connectivity index (χ1v) is 10.7. The summed E-state index contributed by atoms with van der Waals surface area (Å²) in [6, 6.07) is 21.2. The predicted octanol–water partition coefficient (Wildman–Crippen LogP) is 4.42. The Kier molecular flexibility index (Phi) is 5.61. The third kappa shape index (κ3) is 4.04. The van der Waals surface area contributed by atoms with Crippen LogP contribution in [0.3, 0.4) is 0 Å². The van der Waals surface area contributed by atoms with E-state index in [4.69, 9.17) is 9.84 Å². The van der Waals surface area contributed by atoms with Crippen LogP contribution in [0.25, 0.3) is 33.5 Å². The zero-order valence-electron chi connectivity index (χ0n) is 18.3. The molecule has 0 saturated heterocycles. The van der Waals surface area contributed by atoms with Crippen LogP contribution in [0.5, 0.6) is 5.75 Å². The number of imidazole rings is 1. The summed E-state index contributed by atoms with van der Waals surface area (Å²) in [5.74, 6) is 1.49. The molecule has 0 saturated carbocycles. The highest BCUT2D eigenvalue weighted by Gasteiger charge is 2.17. The summed E-state index contributed by atoms with van der Waals surface area (Å²) >= 11 is 0. The van der Waals surface area contributed by atoms with Gasteiger partial charge in [0.05, 0.1) is 12.1 Å². The number of anilines is 1. The highest BCUT2D eigenvalue weighted by molar-refractivity contribution is 5.86. The number of H-pyrrole nitrogens is 1. The Morgan fingerprint density at radius 3 is 2.56 bits per heavy atom. The number of para-hydroxylation sites is 1. The van der Waals surface area contributed by atoms with E-state index in [9.17, 15) is 4.79 Å². The van der Waals surface area contributed by atoms with Crippen molar-refractivity contribution in [3.8, 4) is 28.3 Å². The van der Waals surface area contributed by atoms with E-state index in [1.54, 1.807) is 12.1 Å². The van der Waals surface area contributed by atoms with Gasteiger partial charge >= 0.3 is 6.16 Å². The standard InChI is InChI=1S/C24H21N7O3/c1-2-25-23-26-19-8-5-9-20(34-24(32)33)21(19)31(23)14-15-10-12-16(13-11-15)17-6-3-4-7-18(17)22-27-29-30-28-22/h3-13H,2,14H2,1H3,(H,25,26)(H,32,33)(H,27,28,29,30). The van der Waals surface area contributed by atoms with Crippen molar-refractivity contribution >= 4 is 23.1 Å². The van der Waals surface area contributed by atoms with Gasteiger partial charge in [-0.25, -0.2) is 14.9 Å². The third-order valence-corrected chi connectivity index (χ3v) is 5.39. The summed E-state index contributed by atoms with van der Waals surface area (Å²) in [5.41, 5.74) is 5.23. The molecule has 0 bridgehead atoms. The molecule has 0 amide bonds. The Balaban J connectivity index is 1.51. The Hall–Kier alpha value is -4.73. The number of ether oxygens (including phenoxy) is 1. The fourth-order valence-corrected chi connectivity index (χ4v) is 3.96. The van der Waals surface area contributed by atoms with Gasteiger partial charge in [-0.3, -0.25) is 0 Å². The van der Waals surface area contributed by atoms with Crippen LogP contribution < -0.4 is 10.1 Å². The summed E-state index contributed by atoms with van der Waals surface area (Å²) in [4.78, 5) is 15.8. The molecular weight excluding hydrogens is 434 g/mol. The molecule has 2 heterocycles. The molecule has 0 aliphatic carbocycles. The summed E-state index contributed by atoms with van der Waals surface area (Å²) in [6.45, 7) is 3.13. The number of fused-ring (bicyclic) bond motifs is 1. The molecule has 0 unspecified atom stereocenters. The Labute approximate surface area is 194 Å². The van der Waals surface area contributed by atoms with Crippen molar-refractivity contribution in [2.24, 2.45) is 0 Å². The normalized spacial score (nSPS) is 11.0. The minimum absolute atomic E-state index is 0.243. The number of aromatic nitrogens is 6. The van der Waals surface area contributed by atoms with Crippen LogP contribution in [-0.4, -0.2) is 48.0 Å². The van der Waals surface area contributed by atoms with Crippen molar-refractivity contribution < 1.29 is 14.6 Å². The monoisotopic (exact) mass is 455 g/mol. The number of carboxylic acid groups (broad SMARTS) is 1. The van der Waals surface area contributed by atoms with Crippen LogP contribution >= 0.6 is 0 Å². The van der Waals surface area contributed by atoms with Crippen molar-refractivity contribution in [3.05, 3.63) is 72.3 Å². The molecule has 34 heavy (non-hydrogen) atoms. The number of hydrogen-bond acceptors (Lipinski definition) is 7. The van der Waals surface area contributed by atoms with E-state index in [1.807, 2.05) is 66.1 Å². The number of hydrogen-bond donors (Lipinski definition) is 3. The third-order valence-electron chi connectivity index (χ3n) is 5.39. The van der Waals surface area contributed by atoms with Crippen molar-refractivity contribution in [1.82, 2.24) is 30.2 Å². The maximum Gasteiger partial charge on any atom is 0.511 e. The number of benzene rings is 3. The lowest BCUT2D eigenvalue weighted by Gasteiger charge is -2.13. The number of aromatic amines is 1. The number of tetrazole rings is 1. The predicted molar refractivity (Wildman–Crippen MR) is 127 cm³/mol. The van der Waals surface area contributed by atoms with Crippen molar-refractivity contribution in [2.45, 2.75) is 13.5 Å². The minimum Gasteiger partial charge on any atom is -0.449 e. The summed E-state index contributed by atoms with van der Waals surface area (Å²) in [6.07, 6.45) is -1.37. The van der Waals surface area contributed by atoms with Crippen LogP contribution in [0.2, 0.25) is 0 Å². The van der Waals surface area contributed by atoms with Gasteiger partial charge in [-0.05, 0) is 46.2 Å². The molecule has 10 nitrogen and oxygen atoms in total. The van der Waals surface area contributed by atoms with Gasteiger partial charge in [-0.1, -0.05) is 54.6 Å². The lowest BCUT2D eigenvalue weighted by atomic mass is 9.98. The van der Waals surface area contributed by atoms with E-state index in [-0.39, 0.29) is 5.75 Å². The Morgan fingerprint density at radius 2 is 1.85 bits per heavy atom. The zero-order chi connectivity index (χ0) is 23.5. The molecule has 2 aromatic heterocycles. The second-order valence-corrected chi connectivity index (χ2v) is 7.54. The SMILES string of the molecule is CCNc1nc2cccc(OC(=O)O)c2n1Cc1ccc(-c2ccccc2-c2nnn[nH]2)cc1. The van der Waals surface area contributed by atoms with Crippen LogP contribution in [0, 0.1) is 0 Å². The molecule has 5 rings (SSSR count). The molecule has 5 aromatic rings. The Morgan fingerprint density at radius 1 is 1.06 bits per heavy atom. The molecule has 0 aliphatic heterocycles. The molecule has 0 spiro atoms. The molecular formula is C24H21N7O3. The largest absolute Gasteiger partial charge is 0.511 e. The molecule has 3 N–H and O–H groups in total. The number of rotatable bonds is 7. The number of nitrogens with zero attached hydrogens (tertiary/aromatic N) is 5. The van der Waals surface area contributed by atoms with E-state index in [2.05, 4.69) is 30.9 Å². The van der Waals surface area contributed by atoms with Gasteiger partial charge in [-0.15, -0.1) is 5.10 Å². The average molecular weight is 455 g/mol. The maximum absolute atomic E-state index is 11.2. The number of carbonyl (C=O) groups is 1. The summed E-state index contributed by atoms with van der Waals surface area (Å²) < 4.78 is 6.96. The van der Waals surface area contributed by atoms with Gasteiger partial charge in [0.2, 0.25) is 5.95 Å². The molecule has 0 aliphatic rings. The molecule has 0 atom stereocenters. The molecule has 10 heteroatoms. The molecule has 0 radical (unpaired) electrons. The van der Waals surface area contributed by atoms with Gasteiger partial charge in [0, 0.05) is 12.1 Å². The van der Waals surface area contributed by atoms with E-state index >= 15 is 0 Å². The molecule has 3 aromatic carbocycles. The second-order valence-electron chi connectivity index (χ2n) is 7.54. The topological polar surface area (TPSA) is 131 Å². The first-order valence-electron chi connectivity index (χ1n) is 10.7. The van der Waals surface area contributed by atoms with Crippen LogP contribution in [0.1, 0.15) is 12.5 Å².